The van der Waals surface area contributed by atoms with Gasteiger partial charge in [0.05, 0.1) is 30.7 Å². The topological polar surface area (TPSA) is 83.5 Å². The van der Waals surface area contributed by atoms with Crippen LogP contribution in [0, 0.1) is 0 Å². The van der Waals surface area contributed by atoms with E-state index >= 15 is 0 Å². The summed E-state index contributed by atoms with van der Waals surface area (Å²) in [4.78, 5) is 22.0. The molecule has 0 aliphatic carbocycles. The molecule has 0 saturated heterocycles. The summed E-state index contributed by atoms with van der Waals surface area (Å²) in [5, 5.41) is 5.72. The number of benzene rings is 2. The third kappa shape index (κ3) is 3.99. The van der Waals surface area contributed by atoms with Crippen LogP contribution in [0.15, 0.2) is 76.9 Å². The Balaban J connectivity index is 1.26. The third-order valence-electron chi connectivity index (χ3n) is 5.66. The first kappa shape index (κ1) is 20.7. The van der Waals surface area contributed by atoms with E-state index in [-0.39, 0.29) is 5.56 Å². The molecule has 4 heterocycles. The molecular formula is C25H21N5O3S. The van der Waals surface area contributed by atoms with Crippen molar-refractivity contribution < 1.29 is 9.47 Å². The van der Waals surface area contributed by atoms with Crippen LogP contribution in [0.25, 0.3) is 16.7 Å². The average molecular weight is 472 g/mol. The number of rotatable bonds is 5. The van der Waals surface area contributed by atoms with Gasteiger partial charge in [-0.3, -0.25) is 4.79 Å². The zero-order chi connectivity index (χ0) is 22.9. The third-order valence-corrected chi connectivity index (χ3v) is 6.57. The van der Waals surface area contributed by atoms with Crippen LogP contribution in [0.3, 0.4) is 0 Å². The van der Waals surface area contributed by atoms with Gasteiger partial charge < -0.3 is 14.0 Å². The Kier molecular flexibility index (Phi) is 5.38. The van der Waals surface area contributed by atoms with E-state index in [1.54, 1.807) is 21.5 Å². The van der Waals surface area contributed by atoms with Crippen LogP contribution < -0.4 is 15.0 Å². The molecule has 0 radical (unpaired) electrons. The Morgan fingerprint density at radius 2 is 1.82 bits per heavy atom. The molecule has 0 spiro atoms. The van der Waals surface area contributed by atoms with Crippen molar-refractivity contribution in [3.63, 3.8) is 0 Å². The van der Waals surface area contributed by atoms with Gasteiger partial charge in [-0.2, -0.15) is 9.50 Å². The molecule has 0 fully saturated rings. The summed E-state index contributed by atoms with van der Waals surface area (Å²) in [5.41, 5.74) is 2.74. The number of aromatic nitrogens is 5. The van der Waals surface area contributed by atoms with E-state index in [2.05, 4.69) is 15.1 Å². The molecule has 0 bridgehead atoms. The fourth-order valence-electron chi connectivity index (χ4n) is 3.95. The first-order valence-electron chi connectivity index (χ1n) is 11.0. The van der Waals surface area contributed by atoms with Crippen molar-refractivity contribution in [2.75, 3.05) is 13.2 Å². The average Bonchev–Trinajstić information content (AvgIpc) is 3.15. The van der Waals surface area contributed by atoms with Gasteiger partial charge in [-0.15, -0.1) is 5.10 Å². The second-order valence-corrected chi connectivity index (χ2v) is 8.96. The van der Waals surface area contributed by atoms with Crippen molar-refractivity contribution in [2.24, 2.45) is 0 Å². The van der Waals surface area contributed by atoms with Crippen LogP contribution in [0.5, 0.6) is 11.5 Å². The van der Waals surface area contributed by atoms with E-state index in [0.29, 0.717) is 47.3 Å². The highest BCUT2D eigenvalue weighted by atomic mass is 32.2. The van der Waals surface area contributed by atoms with Crippen molar-refractivity contribution in [3.05, 3.63) is 88.5 Å². The summed E-state index contributed by atoms with van der Waals surface area (Å²) in [5.74, 6) is 2.70. The molecule has 6 rings (SSSR count). The van der Waals surface area contributed by atoms with Gasteiger partial charge >= 0.3 is 0 Å². The van der Waals surface area contributed by atoms with Gasteiger partial charge in [0.1, 0.15) is 0 Å². The summed E-state index contributed by atoms with van der Waals surface area (Å²) < 4.78 is 14.8. The highest BCUT2D eigenvalue weighted by molar-refractivity contribution is 7.98. The Labute approximate surface area is 199 Å². The lowest BCUT2D eigenvalue weighted by Gasteiger charge is -2.08. The molecule has 5 aromatic rings. The smallest absolute Gasteiger partial charge is 0.261 e. The van der Waals surface area contributed by atoms with Crippen molar-refractivity contribution >= 4 is 28.4 Å². The number of nitrogens with zero attached hydrogens (tertiary/aromatic N) is 5. The highest BCUT2D eigenvalue weighted by Gasteiger charge is 2.14. The summed E-state index contributed by atoms with van der Waals surface area (Å²) in [6.45, 7) is 1.83. The molecule has 1 aliphatic rings. The summed E-state index contributed by atoms with van der Waals surface area (Å²) >= 11 is 1.51. The minimum atomic E-state index is -0.104. The Morgan fingerprint density at radius 1 is 0.971 bits per heavy atom. The SMILES string of the molecule is O=c1c2cnc3nc(SCc4ccc5c(c4)OCCCO5)nn3c2ccn1Cc1ccccc1. The van der Waals surface area contributed by atoms with Crippen molar-refractivity contribution in [1.82, 2.24) is 24.1 Å². The predicted octanol–water partition coefficient (Wildman–Crippen LogP) is 3.94. The first-order chi connectivity index (χ1) is 16.7. The molecule has 9 heteroatoms. The van der Waals surface area contributed by atoms with Crippen molar-refractivity contribution in [2.45, 2.75) is 23.9 Å². The van der Waals surface area contributed by atoms with Gasteiger partial charge in [0.15, 0.2) is 11.5 Å². The molecule has 0 atom stereocenters. The number of pyridine rings is 1. The summed E-state index contributed by atoms with van der Waals surface area (Å²) in [6, 6.07) is 17.8. The van der Waals surface area contributed by atoms with Gasteiger partial charge in [0, 0.05) is 24.6 Å². The lowest BCUT2D eigenvalue weighted by molar-refractivity contribution is 0.297. The second kappa shape index (κ2) is 8.83. The first-order valence-corrected chi connectivity index (χ1v) is 12.0. The molecule has 0 amide bonds. The standard InChI is InChI=1S/C25H21N5O3S/c31-23-19-14-26-24-27-25(34-16-18-7-8-21-22(13-18)33-12-4-11-32-21)28-30(24)20(19)9-10-29(23)15-17-5-2-1-3-6-17/h1-3,5-10,13-14H,4,11-12,15-16H2. The molecule has 34 heavy (non-hydrogen) atoms. The zero-order valence-corrected chi connectivity index (χ0v) is 19.1. The van der Waals surface area contributed by atoms with E-state index < -0.39 is 0 Å². The van der Waals surface area contributed by atoms with E-state index in [9.17, 15) is 4.79 Å². The molecule has 170 valence electrons. The van der Waals surface area contributed by atoms with Crippen LogP contribution >= 0.6 is 11.8 Å². The summed E-state index contributed by atoms with van der Waals surface area (Å²) in [7, 11) is 0. The van der Waals surface area contributed by atoms with Gasteiger partial charge in [-0.1, -0.05) is 48.2 Å². The quantitative estimate of drug-likeness (QED) is 0.359. The Hall–Kier alpha value is -3.85. The minimum absolute atomic E-state index is 0.104. The van der Waals surface area contributed by atoms with Gasteiger partial charge in [0.2, 0.25) is 5.16 Å². The maximum Gasteiger partial charge on any atom is 0.261 e. The van der Waals surface area contributed by atoms with Crippen molar-refractivity contribution in [1.29, 1.82) is 0 Å². The molecule has 0 N–H and O–H groups in total. The maximum atomic E-state index is 13.1. The molecule has 3 aromatic heterocycles. The Morgan fingerprint density at radius 3 is 2.71 bits per heavy atom. The minimum Gasteiger partial charge on any atom is -0.490 e. The van der Waals surface area contributed by atoms with E-state index in [1.165, 1.54) is 11.8 Å². The van der Waals surface area contributed by atoms with Crippen LogP contribution in [0.2, 0.25) is 0 Å². The predicted molar refractivity (Wildman–Crippen MR) is 130 cm³/mol. The number of ether oxygens (including phenoxy) is 2. The molecule has 1 aliphatic heterocycles. The number of hydrogen-bond donors (Lipinski definition) is 0. The largest absolute Gasteiger partial charge is 0.490 e. The number of hydrogen-bond acceptors (Lipinski definition) is 7. The second-order valence-electron chi connectivity index (χ2n) is 8.02. The van der Waals surface area contributed by atoms with E-state index in [1.807, 2.05) is 54.6 Å². The maximum absolute atomic E-state index is 13.1. The molecule has 2 aromatic carbocycles. The molecule has 0 unspecified atom stereocenters. The molecule has 0 saturated carbocycles. The van der Waals surface area contributed by atoms with Crippen molar-refractivity contribution in [3.8, 4) is 11.5 Å². The van der Waals surface area contributed by atoms with Crippen LogP contribution in [-0.4, -0.2) is 37.4 Å². The van der Waals surface area contributed by atoms with Gasteiger partial charge in [-0.25, -0.2) is 4.98 Å². The van der Waals surface area contributed by atoms with E-state index in [0.717, 1.165) is 29.0 Å². The van der Waals surface area contributed by atoms with Gasteiger partial charge in [-0.05, 0) is 29.3 Å². The normalized spacial score (nSPS) is 13.3. The van der Waals surface area contributed by atoms with Crippen LogP contribution in [0.1, 0.15) is 17.5 Å². The lowest BCUT2D eigenvalue weighted by Crippen LogP contribution is -2.21. The fourth-order valence-corrected chi connectivity index (χ4v) is 4.71. The monoisotopic (exact) mass is 471 g/mol. The molecular weight excluding hydrogens is 450 g/mol. The summed E-state index contributed by atoms with van der Waals surface area (Å²) in [6.07, 6.45) is 4.26. The zero-order valence-electron chi connectivity index (χ0n) is 18.3. The Bertz CT molecular complexity index is 1550. The lowest BCUT2D eigenvalue weighted by atomic mass is 10.2. The number of thioether (sulfide) groups is 1. The van der Waals surface area contributed by atoms with Crippen LogP contribution in [-0.2, 0) is 12.3 Å². The van der Waals surface area contributed by atoms with E-state index in [4.69, 9.17) is 9.47 Å². The van der Waals surface area contributed by atoms with Gasteiger partial charge in [0.25, 0.3) is 11.3 Å². The fraction of sp³-hybridized carbons (Fsp3) is 0.200. The number of fused-ring (bicyclic) bond motifs is 4. The molecule has 8 nitrogen and oxygen atoms in total. The highest BCUT2D eigenvalue weighted by Crippen LogP contribution is 2.32. The van der Waals surface area contributed by atoms with Crippen LogP contribution in [0.4, 0.5) is 0 Å².